The molecule has 0 fully saturated rings. The number of rotatable bonds is 2. The van der Waals surface area contributed by atoms with Crippen molar-refractivity contribution in [3.05, 3.63) is 74.1 Å². The van der Waals surface area contributed by atoms with E-state index in [0.717, 1.165) is 61.4 Å². The Labute approximate surface area is 186 Å². The van der Waals surface area contributed by atoms with Crippen molar-refractivity contribution in [1.29, 1.82) is 0 Å². The van der Waals surface area contributed by atoms with Gasteiger partial charge in [0, 0.05) is 27.3 Å². The minimum absolute atomic E-state index is 0.184. The number of methoxy groups -OCH3 is 1. The first kappa shape index (κ1) is 19.0. The van der Waals surface area contributed by atoms with E-state index >= 15 is 0 Å². The van der Waals surface area contributed by atoms with Crippen LogP contribution in [0.4, 0.5) is 0 Å². The lowest BCUT2D eigenvalue weighted by molar-refractivity contribution is 0.413. The molecule has 1 aliphatic rings. The van der Waals surface area contributed by atoms with Crippen molar-refractivity contribution in [3.63, 3.8) is 0 Å². The van der Waals surface area contributed by atoms with Gasteiger partial charge in [-0.3, -0.25) is 0 Å². The Bertz CT molecular complexity index is 1230. The first-order chi connectivity index (χ1) is 13.9. The van der Waals surface area contributed by atoms with E-state index in [9.17, 15) is 0 Å². The molecule has 148 valence electrons. The first-order valence-corrected chi connectivity index (χ1v) is 11.2. The molecule has 5 heteroatoms. The minimum Gasteiger partial charge on any atom is -0.497 e. The van der Waals surface area contributed by atoms with Gasteiger partial charge in [-0.2, -0.15) is 0 Å². The van der Waals surface area contributed by atoms with Gasteiger partial charge in [0.2, 0.25) is 0 Å². The van der Waals surface area contributed by atoms with Crippen LogP contribution < -0.4 is 4.74 Å². The Balaban J connectivity index is 1.77. The van der Waals surface area contributed by atoms with Gasteiger partial charge in [0.1, 0.15) is 28.6 Å². The average Bonchev–Trinajstić information content (AvgIpc) is 3.23. The molecule has 2 aromatic heterocycles. The molecule has 0 N–H and O–H groups in total. The van der Waals surface area contributed by atoms with Crippen LogP contribution in [0.1, 0.15) is 36.0 Å². The fourth-order valence-corrected chi connectivity index (χ4v) is 5.77. The van der Waals surface area contributed by atoms with E-state index in [0.29, 0.717) is 0 Å². The number of ether oxygens (including phenoxy) is 1. The number of hydrogen-bond donors (Lipinski definition) is 0. The standard InChI is InChI=1S/C24H20Br2O3/c1-13-10-18-23(28-13)21-17-11-15(25)12-19(26)22(17)29-20(21)8-9-24(18,2)14-4-6-16(27-3)7-5-14/h4-7,10-12H,8-9H2,1-3H3. The van der Waals surface area contributed by atoms with Crippen LogP contribution in [-0.2, 0) is 11.8 Å². The maximum atomic E-state index is 6.34. The number of aryl methyl sites for hydroxylation is 2. The summed E-state index contributed by atoms with van der Waals surface area (Å²) in [5, 5.41) is 1.07. The number of halogens is 2. The third kappa shape index (κ3) is 2.89. The molecule has 0 radical (unpaired) electrons. The zero-order valence-electron chi connectivity index (χ0n) is 16.4. The van der Waals surface area contributed by atoms with Gasteiger partial charge in [-0.05, 0) is 65.2 Å². The molecule has 4 aromatic rings. The lowest BCUT2D eigenvalue weighted by atomic mass is 9.73. The third-order valence-electron chi connectivity index (χ3n) is 6.04. The van der Waals surface area contributed by atoms with Gasteiger partial charge in [-0.25, -0.2) is 0 Å². The lowest BCUT2D eigenvalue weighted by Gasteiger charge is -2.29. The predicted octanol–water partition coefficient (Wildman–Crippen LogP) is 7.79. The molecule has 0 aliphatic heterocycles. The molecule has 3 nitrogen and oxygen atoms in total. The molecule has 29 heavy (non-hydrogen) atoms. The summed E-state index contributed by atoms with van der Waals surface area (Å²) in [6.45, 7) is 4.30. The molecule has 0 amide bonds. The number of furan rings is 2. The summed E-state index contributed by atoms with van der Waals surface area (Å²) in [6.07, 6.45) is 1.76. The number of fused-ring (bicyclic) bond motifs is 5. The summed E-state index contributed by atoms with van der Waals surface area (Å²) >= 11 is 7.26. The molecule has 5 rings (SSSR count). The van der Waals surface area contributed by atoms with Gasteiger partial charge in [0.25, 0.3) is 0 Å². The highest BCUT2D eigenvalue weighted by Crippen LogP contribution is 2.50. The second-order valence-corrected chi connectivity index (χ2v) is 9.60. The Morgan fingerprint density at radius 2 is 1.79 bits per heavy atom. The summed E-state index contributed by atoms with van der Waals surface area (Å²) in [5.74, 6) is 3.66. The largest absolute Gasteiger partial charge is 0.497 e. The maximum Gasteiger partial charge on any atom is 0.149 e. The Kier molecular flexibility index (Phi) is 4.44. The van der Waals surface area contributed by atoms with E-state index in [1.54, 1.807) is 7.11 Å². The fraction of sp³-hybridized carbons (Fsp3) is 0.250. The van der Waals surface area contributed by atoms with Crippen LogP contribution in [0.3, 0.4) is 0 Å². The molecule has 2 aromatic carbocycles. The summed E-state index contributed by atoms with van der Waals surface area (Å²) in [5.41, 5.74) is 4.21. The highest BCUT2D eigenvalue weighted by molar-refractivity contribution is 9.11. The lowest BCUT2D eigenvalue weighted by Crippen LogP contribution is -2.23. The van der Waals surface area contributed by atoms with Gasteiger partial charge in [-0.1, -0.05) is 35.0 Å². The van der Waals surface area contributed by atoms with Crippen molar-refractivity contribution in [3.8, 4) is 17.1 Å². The van der Waals surface area contributed by atoms with Gasteiger partial charge in [0.05, 0.1) is 17.1 Å². The normalized spacial score (nSPS) is 18.4. The molecular weight excluding hydrogens is 496 g/mol. The molecule has 0 spiro atoms. The Morgan fingerprint density at radius 3 is 2.52 bits per heavy atom. The van der Waals surface area contributed by atoms with E-state index in [4.69, 9.17) is 13.6 Å². The van der Waals surface area contributed by atoms with Crippen LogP contribution in [0.2, 0.25) is 0 Å². The zero-order chi connectivity index (χ0) is 20.3. The predicted molar refractivity (Wildman–Crippen MR) is 122 cm³/mol. The molecular formula is C24H20Br2O3. The van der Waals surface area contributed by atoms with Crippen LogP contribution in [0, 0.1) is 6.92 Å². The third-order valence-corrected chi connectivity index (χ3v) is 7.08. The molecule has 0 saturated carbocycles. The van der Waals surface area contributed by atoms with Gasteiger partial charge < -0.3 is 13.6 Å². The van der Waals surface area contributed by atoms with Crippen LogP contribution in [0.25, 0.3) is 22.3 Å². The highest BCUT2D eigenvalue weighted by atomic mass is 79.9. The second-order valence-electron chi connectivity index (χ2n) is 7.82. The topological polar surface area (TPSA) is 35.5 Å². The smallest absolute Gasteiger partial charge is 0.149 e. The Morgan fingerprint density at radius 1 is 1.03 bits per heavy atom. The van der Waals surface area contributed by atoms with Crippen molar-refractivity contribution in [2.24, 2.45) is 0 Å². The van der Waals surface area contributed by atoms with Gasteiger partial charge in [0.15, 0.2) is 0 Å². The minimum atomic E-state index is -0.184. The van der Waals surface area contributed by atoms with E-state index in [-0.39, 0.29) is 5.41 Å². The van der Waals surface area contributed by atoms with E-state index in [2.05, 4.69) is 63.0 Å². The van der Waals surface area contributed by atoms with Crippen LogP contribution in [0.15, 0.2) is 60.2 Å². The zero-order valence-corrected chi connectivity index (χ0v) is 19.6. The maximum absolute atomic E-state index is 6.34. The number of benzene rings is 2. The van der Waals surface area contributed by atoms with Gasteiger partial charge >= 0.3 is 0 Å². The van der Waals surface area contributed by atoms with Crippen molar-refractivity contribution in [2.75, 3.05) is 7.11 Å². The van der Waals surface area contributed by atoms with Crippen LogP contribution >= 0.6 is 31.9 Å². The van der Waals surface area contributed by atoms with E-state index < -0.39 is 0 Å². The van der Waals surface area contributed by atoms with Crippen molar-refractivity contribution in [2.45, 2.75) is 32.1 Å². The molecule has 1 aliphatic carbocycles. The van der Waals surface area contributed by atoms with Crippen molar-refractivity contribution >= 4 is 42.8 Å². The fourth-order valence-electron chi connectivity index (χ4n) is 4.47. The summed E-state index contributed by atoms with van der Waals surface area (Å²) in [7, 11) is 1.69. The Hall–Kier alpha value is -1.98. The van der Waals surface area contributed by atoms with Crippen molar-refractivity contribution < 1.29 is 13.6 Å². The second kappa shape index (κ2) is 6.78. The van der Waals surface area contributed by atoms with Gasteiger partial charge in [-0.15, -0.1) is 0 Å². The first-order valence-electron chi connectivity index (χ1n) is 9.57. The highest BCUT2D eigenvalue weighted by Gasteiger charge is 2.39. The molecule has 0 saturated heterocycles. The molecule has 1 atom stereocenters. The van der Waals surface area contributed by atoms with Crippen molar-refractivity contribution in [1.82, 2.24) is 0 Å². The van der Waals surface area contributed by atoms with E-state index in [1.807, 2.05) is 25.1 Å². The summed E-state index contributed by atoms with van der Waals surface area (Å²) in [4.78, 5) is 0. The summed E-state index contributed by atoms with van der Waals surface area (Å²) in [6, 6.07) is 14.7. The molecule has 1 unspecified atom stereocenters. The average molecular weight is 516 g/mol. The van der Waals surface area contributed by atoms with E-state index in [1.165, 1.54) is 11.1 Å². The monoisotopic (exact) mass is 514 g/mol. The quantitative estimate of drug-likeness (QED) is 0.273. The number of hydrogen-bond acceptors (Lipinski definition) is 3. The van der Waals surface area contributed by atoms with Crippen LogP contribution in [0.5, 0.6) is 5.75 Å². The SMILES string of the molecule is COc1ccc(C2(C)CCc3oc4c(Br)cc(Br)cc4c3-c3oc(C)cc32)cc1. The molecule has 0 bridgehead atoms. The summed E-state index contributed by atoms with van der Waals surface area (Å²) < 4.78 is 19.9. The van der Waals surface area contributed by atoms with Crippen LogP contribution in [-0.4, -0.2) is 7.11 Å². The molecule has 2 heterocycles.